The van der Waals surface area contributed by atoms with Gasteiger partial charge in [-0.3, -0.25) is 4.79 Å². The Labute approximate surface area is 108 Å². The van der Waals surface area contributed by atoms with Crippen LogP contribution in [0, 0.1) is 0 Å². The summed E-state index contributed by atoms with van der Waals surface area (Å²) in [4.78, 5) is 23.1. The Morgan fingerprint density at radius 1 is 0.944 bits per heavy atom. The molecule has 88 valence electrons. The van der Waals surface area contributed by atoms with E-state index in [9.17, 15) is 9.59 Å². The summed E-state index contributed by atoms with van der Waals surface area (Å²) in [6, 6.07) is 12.4. The average Bonchev–Trinajstić information content (AvgIpc) is 2.65. The molecule has 0 aromatic heterocycles. The second-order valence-electron chi connectivity index (χ2n) is 3.89. The third-order valence-electron chi connectivity index (χ3n) is 2.91. The van der Waals surface area contributed by atoms with Crippen molar-refractivity contribution in [1.29, 1.82) is 0 Å². The maximum Gasteiger partial charge on any atom is 0.409 e. The van der Waals surface area contributed by atoms with E-state index < -0.39 is 5.43 Å². The van der Waals surface area contributed by atoms with Crippen molar-refractivity contribution in [3.8, 4) is 16.9 Å². The van der Waals surface area contributed by atoms with E-state index >= 15 is 0 Å². The zero-order valence-corrected chi connectivity index (χ0v) is 9.90. The second kappa shape index (κ2) is 3.96. The first-order valence-corrected chi connectivity index (χ1v) is 5.70. The molecule has 0 spiro atoms. The van der Waals surface area contributed by atoms with Crippen LogP contribution >= 0.6 is 11.6 Å². The highest BCUT2D eigenvalue weighted by atomic mass is 35.5. The maximum absolute atomic E-state index is 12.3. The van der Waals surface area contributed by atoms with E-state index in [-0.39, 0.29) is 11.5 Å². The lowest BCUT2D eigenvalue weighted by atomic mass is 10.1. The number of rotatable bonds is 1. The number of ether oxygens (including phenoxy) is 1. The second-order valence-corrected chi connectivity index (χ2v) is 4.20. The van der Waals surface area contributed by atoms with Crippen LogP contribution in [0.25, 0.3) is 11.1 Å². The number of fused-ring (bicyclic) bond motifs is 3. The quantitative estimate of drug-likeness (QED) is 0.626. The highest BCUT2D eigenvalue weighted by Gasteiger charge is 2.29. The van der Waals surface area contributed by atoms with Gasteiger partial charge in [0.1, 0.15) is 5.75 Å². The molecule has 0 saturated carbocycles. The fraction of sp³-hybridized carbons (Fsp3) is 0. The van der Waals surface area contributed by atoms with Gasteiger partial charge in [0.2, 0.25) is 0 Å². The SMILES string of the molecule is O=C(Cl)Oc1cccc2c1C(=O)c1ccccc1-2. The molecule has 0 radical (unpaired) electrons. The van der Waals surface area contributed by atoms with Gasteiger partial charge >= 0.3 is 5.43 Å². The van der Waals surface area contributed by atoms with Gasteiger partial charge in [-0.1, -0.05) is 36.4 Å². The minimum atomic E-state index is -0.952. The smallest absolute Gasteiger partial charge is 0.409 e. The molecule has 18 heavy (non-hydrogen) atoms. The first-order valence-electron chi connectivity index (χ1n) is 5.33. The zero-order chi connectivity index (χ0) is 12.7. The normalized spacial score (nSPS) is 11.9. The van der Waals surface area contributed by atoms with Crippen LogP contribution in [0.4, 0.5) is 4.79 Å². The lowest BCUT2D eigenvalue weighted by Gasteiger charge is -2.05. The summed E-state index contributed by atoms with van der Waals surface area (Å²) in [7, 11) is 0. The van der Waals surface area contributed by atoms with E-state index in [1.165, 1.54) is 0 Å². The Kier molecular flexibility index (Phi) is 2.42. The van der Waals surface area contributed by atoms with Crippen molar-refractivity contribution in [3.05, 3.63) is 53.6 Å². The molecule has 0 atom stereocenters. The molecule has 0 bridgehead atoms. The molecule has 2 aromatic rings. The fourth-order valence-electron chi connectivity index (χ4n) is 2.21. The first-order chi connectivity index (χ1) is 8.68. The molecular weight excluding hydrogens is 252 g/mol. The molecule has 0 saturated heterocycles. The highest BCUT2D eigenvalue weighted by Crippen LogP contribution is 2.40. The summed E-state index contributed by atoms with van der Waals surface area (Å²) in [5.74, 6) is 0.0582. The van der Waals surface area contributed by atoms with Crippen molar-refractivity contribution >= 4 is 22.8 Å². The van der Waals surface area contributed by atoms with E-state index in [4.69, 9.17) is 16.3 Å². The molecular formula is C14H7ClO3. The molecule has 4 heteroatoms. The molecule has 0 fully saturated rings. The zero-order valence-electron chi connectivity index (χ0n) is 9.14. The van der Waals surface area contributed by atoms with Crippen LogP contribution in [0.2, 0.25) is 0 Å². The largest absolute Gasteiger partial charge is 0.414 e. The van der Waals surface area contributed by atoms with Crippen molar-refractivity contribution in [1.82, 2.24) is 0 Å². The predicted octanol–water partition coefficient (Wildman–Crippen LogP) is 3.64. The van der Waals surface area contributed by atoms with E-state index in [2.05, 4.69) is 0 Å². The van der Waals surface area contributed by atoms with Crippen LogP contribution < -0.4 is 4.74 Å². The van der Waals surface area contributed by atoms with Gasteiger partial charge in [-0.05, 0) is 17.2 Å². The molecule has 1 aliphatic carbocycles. The van der Waals surface area contributed by atoms with Gasteiger partial charge in [-0.2, -0.15) is 0 Å². The van der Waals surface area contributed by atoms with Gasteiger partial charge in [0.15, 0.2) is 5.78 Å². The number of halogens is 1. The van der Waals surface area contributed by atoms with Gasteiger partial charge in [0, 0.05) is 17.2 Å². The third-order valence-corrected chi connectivity index (χ3v) is 2.98. The number of carbonyl (C=O) groups is 2. The average molecular weight is 259 g/mol. The molecule has 2 aromatic carbocycles. The summed E-state index contributed by atoms with van der Waals surface area (Å²) in [5.41, 5.74) is 1.68. The Morgan fingerprint density at radius 2 is 1.61 bits per heavy atom. The van der Waals surface area contributed by atoms with Crippen LogP contribution in [0.1, 0.15) is 15.9 Å². The molecule has 3 nitrogen and oxygen atoms in total. The van der Waals surface area contributed by atoms with Crippen LogP contribution in [0.5, 0.6) is 5.75 Å². The van der Waals surface area contributed by atoms with Crippen LogP contribution in [-0.4, -0.2) is 11.2 Å². The minimum Gasteiger partial charge on any atom is -0.414 e. The molecule has 0 N–H and O–H groups in total. The Hall–Kier alpha value is -2.13. The molecule has 0 heterocycles. The fourth-order valence-corrected chi connectivity index (χ4v) is 2.30. The summed E-state index contributed by atoms with van der Waals surface area (Å²) < 4.78 is 4.86. The molecule has 1 aliphatic rings. The standard InChI is InChI=1S/C14H7ClO3/c15-14(17)18-11-7-3-6-9-8-4-1-2-5-10(8)13(16)12(9)11/h1-7H. The molecule has 0 unspecified atom stereocenters. The number of ketones is 1. The van der Waals surface area contributed by atoms with Gasteiger partial charge in [0.25, 0.3) is 0 Å². The van der Waals surface area contributed by atoms with Crippen molar-refractivity contribution < 1.29 is 14.3 Å². The predicted molar refractivity (Wildman–Crippen MR) is 67.2 cm³/mol. The van der Waals surface area contributed by atoms with E-state index in [0.29, 0.717) is 11.1 Å². The first kappa shape index (κ1) is 11.0. The van der Waals surface area contributed by atoms with Crippen LogP contribution in [0.15, 0.2) is 42.5 Å². The summed E-state index contributed by atoms with van der Waals surface area (Å²) in [6.45, 7) is 0. The Morgan fingerprint density at radius 3 is 2.33 bits per heavy atom. The van der Waals surface area contributed by atoms with Crippen LogP contribution in [0.3, 0.4) is 0 Å². The number of hydrogen-bond donors (Lipinski definition) is 0. The topological polar surface area (TPSA) is 43.4 Å². The van der Waals surface area contributed by atoms with Crippen molar-refractivity contribution in [2.24, 2.45) is 0 Å². The van der Waals surface area contributed by atoms with E-state index in [1.54, 1.807) is 24.3 Å². The van der Waals surface area contributed by atoms with E-state index in [0.717, 1.165) is 11.1 Å². The highest BCUT2D eigenvalue weighted by molar-refractivity contribution is 6.61. The Balaban J connectivity index is 2.24. The van der Waals surface area contributed by atoms with Gasteiger partial charge in [0.05, 0.1) is 5.56 Å². The monoisotopic (exact) mass is 258 g/mol. The van der Waals surface area contributed by atoms with Crippen molar-refractivity contribution in [3.63, 3.8) is 0 Å². The number of carbonyl (C=O) groups excluding carboxylic acids is 2. The maximum atomic E-state index is 12.3. The van der Waals surface area contributed by atoms with Gasteiger partial charge < -0.3 is 4.74 Å². The third kappa shape index (κ3) is 1.52. The molecule has 0 amide bonds. The Bertz CT molecular complexity index is 676. The van der Waals surface area contributed by atoms with Gasteiger partial charge in [-0.25, -0.2) is 4.79 Å². The van der Waals surface area contributed by atoms with E-state index in [1.807, 2.05) is 18.2 Å². The summed E-state index contributed by atoms with van der Waals surface area (Å²) in [5, 5.41) is 0. The number of benzene rings is 2. The molecule has 0 aliphatic heterocycles. The molecule has 3 rings (SSSR count). The lowest BCUT2D eigenvalue weighted by Crippen LogP contribution is -2.03. The summed E-state index contributed by atoms with van der Waals surface area (Å²) >= 11 is 5.20. The van der Waals surface area contributed by atoms with Gasteiger partial charge in [-0.15, -0.1) is 0 Å². The lowest BCUT2D eigenvalue weighted by molar-refractivity contribution is 0.104. The van der Waals surface area contributed by atoms with Crippen LogP contribution in [-0.2, 0) is 0 Å². The van der Waals surface area contributed by atoms with Crippen molar-refractivity contribution in [2.75, 3.05) is 0 Å². The minimum absolute atomic E-state index is 0.144. The number of hydrogen-bond acceptors (Lipinski definition) is 3. The summed E-state index contributed by atoms with van der Waals surface area (Å²) in [6.07, 6.45) is 0. The van der Waals surface area contributed by atoms with Crippen molar-refractivity contribution in [2.45, 2.75) is 0 Å².